The van der Waals surface area contributed by atoms with Crippen molar-refractivity contribution in [1.29, 1.82) is 0 Å². The molecule has 11 heteroatoms. The van der Waals surface area contributed by atoms with Gasteiger partial charge in [-0.1, -0.05) is 50.6 Å². The molecule has 4 aromatic rings. The molecular formula is C29H32ClN7O3. The van der Waals surface area contributed by atoms with Crippen LogP contribution in [0.4, 0.5) is 16.6 Å². The second-order valence-corrected chi connectivity index (χ2v) is 10.8. The van der Waals surface area contributed by atoms with E-state index in [0.717, 1.165) is 30.0 Å². The summed E-state index contributed by atoms with van der Waals surface area (Å²) in [6.07, 6.45) is 1.68. The third-order valence-corrected chi connectivity index (χ3v) is 6.58. The molecule has 0 atom stereocenters. The summed E-state index contributed by atoms with van der Waals surface area (Å²) in [4.78, 5) is 24.0. The van der Waals surface area contributed by atoms with Crippen LogP contribution in [0.1, 0.15) is 32.0 Å². The summed E-state index contributed by atoms with van der Waals surface area (Å²) in [5.74, 6) is 2.17. The maximum Gasteiger partial charge on any atom is 0.320 e. The molecule has 2 aromatic carbocycles. The van der Waals surface area contributed by atoms with E-state index in [4.69, 9.17) is 26.2 Å². The van der Waals surface area contributed by atoms with Crippen molar-refractivity contribution in [1.82, 2.24) is 25.1 Å². The first-order chi connectivity index (χ1) is 19.3. The first-order valence-electron chi connectivity index (χ1n) is 13.1. The molecule has 1 saturated heterocycles. The highest BCUT2D eigenvalue weighted by Gasteiger charge is 2.22. The molecule has 2 aromatic heterocycles. The summed E-state index contributed by atoms with van der Waals surface area (Å²) in [7, 11) is 0. The number of anilines is 2. The Kier molecular flexibility index (Phi) is 8.18. The van der Waals surface area contributed by atoms with Crippen molar-refractivity contribution in [3.8, 4) is 17.3 Å². The molecule has 1 aliphatic rings. The largest absolute Gasteiger partial charge is 0.439 e. The highest BCUT2D eigenvalue weighted by atomic mass is 35.5. The van der Waals surface area contributed by atoms with Gasteiger partial charge in [0.15, 0.2) is 0 Å². The standard InChI is InChI=1S/C29H32ClN7O3/c1-29(2,3)24-18-25(37(35-24)22-10-8-21(30)9-11-22)33-28(38)32-19-20-6-4-5-7-23(20)40-26-12-13-31-27(34-26)36-14-16-39-17-15-36/h4-13,18H,14-17,19H2,1-3H3,(H2,32,33,38). The zero-order valence-corrected chi connectivity index (χ0v) is 23.5. The number of ether oxygens (including phenoxy) is 2. The van der Waals surface area contributed by atoms with Crippen LogP contribution in [0.15, 0.2) is 66.9 Å². The number of morpholine rings is 1. The Morgan fingerprint density at radius 1 is 1.07 bits per heavy atom. The molecule has 5 rings (SSSR count). The van der Waals surface area contributed by atoms with Gasteiger partial charge in [-0.25, -0.2) is 14.5 Å². The SMILES string of the molecule is CC(C)(C)c1cc(NC(=O)NCc2ccccc2Oc2ccnc(N3CCOCC3)n2)n(-c2ccc(Cl)cc2)n1. The number of aromatic nitrogens is 4. The average Bonchev–Trinajstić information content (AvgIpc) is 3.38. The first-order valence-corrected chi connectivity index (χ1v) is 13.5. The number of amides is 2. The Labute approximate surface area is 238 Å². The van der Waals surface area contributed by atoms with Crippen LogP contribution in [0.2, 0.25) is 5.02 Å². The van der Waals surface area contributed by atoms with Gasteiger partial charge in [0.2, 0.25) is 11.8 Å². The predicted molar refractivity (Wildman–Crippen MR) is 155 cm³/mol. The first kappa shape index (κ1) is 27.4. The maximum atomic E-state index is 13.0. The summed E-state index contributed by atoms with van der Waals surface area (Å²) >= 11 is 6.07. The highest BCUT2D eigenvalue weighted by Crippen LogP contribution is 2.28. The molecule has 0 aliphatic carbocycles. The molecule has 0 spiro atoms. The van der Waals surface area contributed by atoms with Gasteiger partial charge in [0.25, 0.3) is 0 Å². The van der Waals surface area contributed by atoms with E-state index in [1.54, 1.807) is 29.1 Å². The number of nitrogens with zero attached hydrogens (tertiary/aromatic N) is 5. The van der Waals surface area contributed by atoms with Crippen LogP contribution in [0.3, 0.4) is 0 Å². The Hall–Kier alpha value is -4.15. The fraction of sp³-hybridized carbons (Fsp3) is 0.310. The van der Waals surface area contributed by atoms with Crippen LogP contribution in [0, 0.1) is 0 Å². The van der Waals surface area contributed by atoms with Crippen molar-refractivity contribution in [2.45, 2.75) is 32.7 Å². The van der Waals surface area contributed by atoms with Crippen molar-refractivity contribution >= 4 is 29.4 Å². The number of hydrogen-bond acceptors (Lipinski definition) is 7. The normalized spacial score (nSPS) is 13.7. The second kappa shape index (κ2) is 11.9. The van der Waals surface area contributed by atoms with Gasteiger partial charge in [-0.05, 0) is 30.3 Å². The highest BCUT2D eigenvalue weighted by molar-refractivity contribution is 6.30. The summed E-state index contributed by atoms with van der Waals surface area (Å²) < 4.78 is 13.2. The van der Waals surface area contributed by atoms with Gasteiger partial charge in [0.05, 0.1) is 24.6 Å². The zero-order valence-electron chi connectivity index (χ0n) is 22.7. The topological polar surface area (TPSA) is 106 Å². The minimum absolute atomic E-state index is 0.205. The molecular weight excluding hydrogens is 530 g/mol. The number of carbonyl (C=O) groups excluding carboxylic acids is 1. The van der Waals surface area contributed by atoms with E-state index in [9.17, 15) is 4.79 Å². The van der Waals surface area contributed by atoms with Gasteiger partial charge in [-0.15, -0.1) is 0 Å². The summed E-state index contributed by atoms with van der Waals surface area (Å²) in [6, 6.07) is 18.0. The van der Waals surface area contributed by atoms with E-state index in [1.165, 1.54) is 0 Å². The minimum atomic E-state index is -0.373. The van der Waals surface area contributed by atoms with Crippen LogP contribution in [0.25, 0.3) is 5.69 Å². The number of nitrogens with one attached hydrogen (secondary N) is 2. The third kappa shape index (κ3) is 6.70. The van der Waals surface area contributed by atoms with Crippen molar-refractivity contribution in [3.63, 3.8) is 0 Å². The lowest BCUT2D eigenvalue weighted by atomic mass is 9.92. The molecule has 2 amide bonds. The van der Waals surface area contributed by atoms with E-state index in [-0.39, 0.29) is 18.0 Å². The zero-order chi connectivity index (χ0) is 28.1. The van der Waals surface area contributed by atoms with Gasteiger partial charge >= 0.3 is 6.03 Å². The van der Waals surface area contributed by atoms with Crippen LogP contribution in [-0.4, -0.2) is 52.1 Å². The molecule has 0 saturated carbocycles. The van der Waals surface area contributed by atoms with Crippen LogP contribution in [-0.2, 0) is 16.7 Å². The van der Waals surface area contributed by atoms with E-state index in [1.807, 2.05) is 42.5 Å². The number of urea groups is 1. The van der Waals surface area contributed by atoms with Gasteiger partial charge in [-0.3, -0.25) is 5.32 Å². The lowest BCUT2D eigenvalue weighted by Crippen LogP contribution is -2.37. The second-order valence-electron chi connectivity index (χ2n) is 10.4. The summed E-state index contributed by atoms with van der Waals surface area (Å²) in [5, 5.41) is 11.2. The number of benzene rings is 2. The molecule has 0 radical (unpaired) electrons. The van der Waals surface area contributed by atoms with Crippen molar-refractivity contribution in [2.75, 3.05) is 36.5 Å². The molecule has 1 aliphatic heterocycles. The van der Waals surface area contributed by atoms with Crippen LogP contribution < -0.4 is 20.3 Å². The molecule has 1 fully saturated rings. The quantitative estimate of drug-likeness (QED) is 0.304. The Bertz CT molecular complexity index is 1460. The minimum Gasteiger partial charge on any atom is -0.439 e. The number of halogens is 1. The third-order valence-electron chi connectivity index (χ3n) is 6.33. The molecule has 208 valence electrons. The summed E-state index contributed by atoms with van der Waals surface area (Å²) in [6.45, 7) is 9.20. The Morgan fingerprint density at radius 2 is 1.82 bits per heavy atom. The molecule has 3 heterocycles. The molecule has 2 N–H and O–H groups in total. The number of rotatable bonds is 7. The summed E-state index contributed by atoms with van der Waals surface area (Å²) in [5.41, 5.74) is 2.22. The molecule has 0 unspecified atom stereocenters. The van der Waals surface area contributed by atoms with E-state index < -0.39 is 0 Å². The number of hydrogen-bond donors (Lipinski definition) is 2. The van der Waals surface area contributed by atoms with Crippen LogP contribution >= 0.6 is 11.6 Å². The fourth-order valence-corrected chi connectivity index (χ4v) is 4.24. The van der Waals surface area contributed by atoms with Crippen LogP contribution in [0.5, 0.6) is 11.6 Å². The van der Waals surface area contributed by atoms with E-state index in [2.05, 4.69) is 46.3 Å². The van der Waals surface area contributed by atoms with Gasteiger partial charge in [-0.2, -0.15) is 10.1 Å². The molecule has 40 heavy (non-hydrogen) atoms. The van der Waals surface area contributed by atoms with Crippen molar-refractivity contribution < 1.29 is 14.3 Å². The Morgan fingerprint density at radius 3 is 2.58 bits per heavy atom. The maximum absolute atomic E-state index is 13.0. The Balaban J connectivity index is 1.28. The molecule has 10 nitrogen and oxygen atoms in total. The van der Waals surface area contributed by atoms with Crippen molar-refractivity contribution in [3.05, 3.63) is 83.1 Å². The van der Waals surface area contributed by atoms with E-state index >= 15 is 0 Å². The van der Waals surface area contributed by atoms with Gasteiger partial charge in [0, 0.05) is 54.0 Å². The monoisotopic (exact) mass is 561 g/mol. The lowest BCUT2D eigenvalue weighted by Gasteiger charge is -2.26. The van der Waals surface area contributed by atoms with E-state index in [0.29, 0.717) is 41.6 Å². The van der Waals surface area contributed by atoms with Crippen molar-refractivity contribution in [2.24, 2.45) is 0 Å². The smallest absolute Gasteiger partial charge is 0.320 e. The predicted octanol–water partition coefficient (Wildman–Crippen LogP) is 5.56. The molecule has 0 bridgehead atoms. The fourth-order valence-electron chi connectivity index (χ4n) is 4.12. The number of carbonyl (C=O) groups is 1. The van der Waals surface area contributed by atoms with Gasteiger partial charge < -0.3 is 19.7 Å². The van der Waals surface area contributed by atoms with Gasteiger partial charge in [0.1, 0.15) is 11.6 Å². The average molecular weight is 562 g/mol. The number of para-hydroxylation sites is 1. The lowest BCUT2D eigenvalue weighted by molar-refractivity contribution is 0.122.